The number of hydrogen-bond acceptors (Lipinski definition) is 5. The van der Waals surface area contributed by atoms with E-state index in [0.717, 1.165) is 5.56 Å². The van der Waals surface area contributed by atoms with E-state index in [-0.39, 0.29) is 5.91 Å². The van der Waals surface area contributed by atoms with E-state index in [9.17, 15) is 9.59 Å². The summed E-state index contributed by atoms with van der Waals surface area (Å²) in [5, 5.41) is 2.81. The van der Waals surface area contributed by atoms with Crippen LogP contribution in [0.25, 0.3) is 17.7 Å². The molecule has 1 aliphatic rings. The van der Waals surface area contributed by atoms with Gasteiger partial charge in [-0.05, 0) is 23.8 Å². The first kappa shape index (κ1) is 15.5. The SMILES string of the molecule is COC(=O)/C=C/c1cccc2c1/C(=C/c1[nH]cnc1OC)C(=O)N2. The van der Waals surface area contributed by atoms with Gasteiger partial charge in [0, 0.05) is 17.3 Å². The summed E-state index contributed by atoms with van der Waals surface area (Å²) in [5.41, 5.74) is 3.15. The molecule has 0 aliphatic carbocycles. The van der Waals surface area contributed by atoms with Crippen molar-refractivity contribution in [1.29, 1.82) is 0 Å². The predicted molar refractivity (Wildman–Crippen MR) is 89.1 cm³/mol. The van der Waals surface area contributed by atoms with Gasteiger partial charge in [0.25, 0.3) is 5.91 Å². The van der Waals surface area contributed by atoms with E-state index < -0.39 is 5.97 Å². The quantitative estimate of drug-likeness (QED) is 0.663. The first-order valence-electron chi connectivity index (χ1n) is 7.14. The Balaban J connectivity index is 2.09. The highest BCUT2D eigenvalue weighted by Gasteiger charge is 2.26. The number of imidazole rings is 1. The van der Waals surface area contributed by atoms with E-state index in [2.05, 4.69) is 20.0 Å². The number of methoxy groups -OCH3 is 2. The highest BCUT2D eigenvalue weighted by Crippen LogP contribution is 2.36. The number of benzene rings is 1. The van der Waals surface area contributed by atoms with Crippen LogP contribution in [-0.2, 0) is 14.3 Å². The van der Waals surface area contributed by atoms with Gasteiger partial charge in [-0.25, -0.2) is 9.78 Å². The molecule has 0 spiro atoms. The van der Waals surface area contributed by atoms with Crippen LogP contribution in [0.4, 0.5) is 5.69 Å². The lowest BCUT2D eigenvalue weighted by Crippen LogP contribution is -2.03. The maximum atomic E-state index is 12.3. The third-order valence-electron chi connectivity index (χ3n) is 3.57. The molecule has 2 N–H and O–H groups in total. The molecule has 0 saturated carbocycles. The van der Waals surface area contributed by atoms with Crippen LogP contribution in [0.2, 0.25) is 0 Å². The zero-order chi connectivity index (χ0) is 17.1. The minimum Gasteiger partial charge on any atom is -0.479 e. The Morgan fingerprint density at radius 3 is 2.88 bits per heavy atom. The molecule has 122 valence electrons. The minimum absolute atomic E-state index is 0.236. The van der Waals surface area contributed by atoms with Crippen LogP contribution in [0, 0.1) is 0 Å². The number of nitrogens with one attached hydrogen (secondary N) is 2. The predicted octanol–water partition coefficient (Wildman–Crippen LogP) is 2.10. The van der Waals surface area contributed by atoms with Crippen molar-refractivity contribution in [2.45, 2.75) is 0 Å². The molecule has 0 bridgehead atoms. The molecule has 1 aromatic carbocycles. The van der Waals surface area contributed by atoms with Crippen LogP contribution >= 0.6 is 0 Å². The summed E-state index contributed by atoms with van der Waals surface area (Å²) in [7, 11) is 2.81. The van der Waals surface area contributed by atoms with Gasteiger partial charge in [0.1, 0.15) is 5.69 Å². The molecule has 1 aromatic heterocycles. The highest BCUT2D eigenvalue weighted by atomic mass is 16.5. The van der Waals surface area contributed by atoms with E-state index in [0.29, 0.717) is 28.4 Å². The molecule has 1 amide bonds. The molecular weight excluding hydrogens is 310 g/mol. The normalized spacial score (nSPS) is 14.8. The number of aromatic amines is 1. The second-order valence-electron chi connectivity index (χ2n) is 4.96. The van der Waals surface area contributed by atoms with Crippen LogP contribution in [-0.4, -0.2) is 36.1 Å². The average Bonchev–Trinajstić information content (AvgIpc) is 3.17. The molecule has 2 heterocycles. The summed E-state index contributed by atoms with van der Waals surface area (Å²) < 4.78 is 9.75. The number of aromatic nitrogens is 2. The fourth-order valence-corrected chi connectivity index (χ4v) is 2.48. The Hall–Kier alpha value is -3.35. The molecule has 7 heteroatoms. The number of fused-ring (bicyclic) bond motifs is 1. The topological polar surface area (TPSA) is 93.3 Å². The first-order chi connectivity index (χ1) is 11.6. The fraction of sp³-hybridized carbons (Fsp3) is 0.118. The summed E-state index contributed by atoms with van der Waals surface area (Å²) in [6, 6.07) is 5.42. The average molecular weight is 325 g/mol. The lowest BCUT2D eigenvalue weighted by Gasteiger charge is -2.04. The monoisotopic (exact) mass is 325 g/mol. The van der Waals surface area contributed by atoms with Crippen molar-refractivity contribution in [2.24, 2.45) is 0 Å². The Morgan fingerprint density at radius 1 is 1.29 bits per heavy atom. The molecule has 0 unspecified atom stereocenters. The molecule has 0 fully saturated rings. The van der Waals surface area contributed by atoms with Crippen LogP contribution in [0.5, 0.6) is 5.88 Å². The number of rotatable bonds is 4. The smallest absolute Gasteiger partial charge is 0.330 e. The number of anilines is 1. The highest BCUT2D eigenvalue weighted by molar-refractivity contribution is 6.35. The van der Waals surface area contributed by atoms with Gasteiger partial charge in [0.15, 0.2) is 0 Å². The molecule has 0 radical (unpaired) electrons. The van der Waals surface area contributed by atoms with Crippen molar-refractivity contribution in [2.75, 3.05) is 19.5 Å². The van der Waals surface area contributed by atoms with Gasteiger partial charge in [-0.15, -0.1) is 0 Å². The summed E-state index contributed by atoms with van der Waals surface area (Å²) in [6.45, 7) is 0. The Labute approximate surface area is 138 Å². The Bertz CT molecular complexity index is 864. The van der Waals surface area contributed by atoms with Gasteiger partial charge in [-0.2, -0.15) is 0 Å². The van der Waals surface area contributed by atoms with Gasteiger partial charge in [0.05, 0.1) is 26.1 Å². The van der Waals surface area contributed by atoms with Crippen molar-refractivity contribution < 1.29 is 19.1 Å². The van der Waals surface area contributed by atoms with E-state index in [4.69, 9.17) is 4.74 Å². The third-order valence-corrected chi connectivity index (χ3v) is 3.57. The van der Waals surface area contributed by atoms with Crippen molar-refractivity contribution in [3.63, 3.8) is 0 Å². The van der Waals surface area contributed by atoms with Crippen LogP contribution in [0.1, 0.15) is 16.8 Å². The molecular formula is C17H15N3O4. The maximum absolute atomic E-state index is 12.3. The fourth-order valence-electron chi connectivity index (χ4n) is 2.48. The van der Waals surface area contributed by atoms with Crippen LogP contribution < -0.4 is 10.1 Å². The molecule has 24 heavy (non-hydrogen) atoms. The standard InChI is InChI=1S/C17H15N3O4/c1-23-14(21)7-6-10-4-3-5-12-15(10)11(16(22)20-12)8-13-17(24-2)19-9-18-13/h3-9H,1-2H3,(H,18,19)(H,20,22)/b7-6+,11-8-. The molecule has 2 aromatic rings. The number of esters is 1. The second-order valence-corrected chi connectivity index (χ2v) is 4.96. The molecule has 7 nitrogen and oxygen atoms in total. The number of carbonyl (C=O) groups excluding carboxylic acids is 2. The van der Waals surface area contributed by atoms with Crippen molar-refractivity contribution in [3.8, 4) is 5.88 Å². The van der Waals surface area contributed by atoms with Gasteiger partial charge < -0.3 is 19.8 Å². The number of H-pyrrole nitrogens is 1. The van der Waals surface area contributed by atoms with Crippen LogP contribution in [0.3, 0.4) is 0 Å². The lowest BCUT2D eigenvalue weighted by atomic mass is 9.99. The van der Waals surface area contributed by atoms with Gasteiger partial charge in [-0.1, -0.05) is 12.1 Å². The lowest BCUT2D eigenvalue weighted by molar-refractivity contribution is -0.134. The van der Waals surface area contributed by atoms with E-state index in [1.807, 2.05) is 6.07 Å². The number of nitrogens with zero attached hydrogens (tertiary/aromatic N) is 1. The molecule has 1 aliphatic heterocycles. The molecule has 3 rings (SSSR count). The number of carbonyl (C=O) groups is 2. The number of ether oxygens (including phenoxy) is 2. The maximum Gasteiger partial charge on any atom is 0.330 e. The van der Waals surface area contributed by atoms with Gasteiger partial charge in [-0.3, -0.25) is 4.79 Å². The van der Waals surface area contributed by atoms with E-state index in [1.54, 1.807) is 24.3 Å². The van der Waals surface area contributed by atoms with E-state index in [1.165, 1.54) is 26.6 Å². The van der Waals surface area contributed by atoms with Crippen LogP contribution in [0.15, 0.2) is 30.6 Å². The largest absolute Gasteiger partial charge is 0.479 e. The number of amides is 1. The zero-order valence-corrected chi connectivity index (χ0v) is 13.1. The summed E-state index contributed by atoms with van der Waals surface area (Å²) in [6.07, 6.45) is 6.08. The van der Waals surface area contributed by atoms with Gasteiger partial charge in [0.2, 0.25) is 5.88 Å². The Morgan fingerprint density at radius 2 is 2.12 bits per heavy atom. The summed E-state index contributed by atoms with van der Waals surface area (Å²) >= 11 is 0. The van der Waals surface area contributed by atoms with E-state index >= 15 is 0 Å². The second kappa shape index (κ2) is 6.41. The molecule has 0 atom stereocenters. The minimum atomic E-state index is -0.467. The zero-order valence-electron chi connectivity index (χ0n) is 13.1. The number of hydrogen-bond donors (Lipinski definition) is 2. The summed E-state index contributed by atoms with van der Waals surface area (Å²) in [5.74, 6) is -0.308. The summed E-state index contributed by atoms with van der Waals surface area (Å²) in [4.78, 5) is 30.6. The first-order valence-corrected chi connectivity index (χ1v) is 7.14. The Kier molecular flexibility index (Phi) is 4.15. The van der Waals surface area contributed by atoms with Crippen molar-refractivity contribution >= 4 is 35.3 Å². The van der Waals surface area contributed by atoms with Crippen molar-refractivity contribution in [1.82, 2.24) is 9.97 Å². The van der Waals surface area contributed by atoms with Gasteiger partial charge >= 0.3 is 5.97 Å². The van der Waals surface area contributed by atoms with Crippen molar-refractivity contribution in [3.05, 3.63) is 47.4 Å². The third kappa shape index (κ3) is 2.79. The molecule has 0 saturated heterocycles.